The van der Waals surface area contributed by atoms with Crippen LogP contribution in [0, 0.1) is 0 Å². The third-order valence-electron chi connectivity index (χ3n) is 5.70. The van der Waals surface area contributed by atoms with Crippen LogP contribution < -0.4 is 10.6 Å². The van der Waals surface area contributed by atoms with Crippen molar-refractivity contribution < 1.29 is 19.5 Å². The second kappa shape index (κ2) is 23.4. The molecule has 0 aliphatic heterocycles. The molecule has 0 fully saturated rings. The van der Waals surface area contributed by atoms with E-state index in [4.69, 9.17) is 0 Å². The second-order valence-electron chi connectivity index (χ2n) is 9.05. The fourth-order valence-corrected chi connectivity index (χ4v) is 3.53. The lowest BCUT2D eigenvalue weighted by Crippen LogP contribution is -2.40. The number of pyridine rings is 1. The lowest BCUT2D eigenvalue weighted by atomic mass is 10.1. The third kappa shape index (κ3) is 19.1. The summed E-state index contributed by atoms with van der Waals surface area (Å²) in [6.07, 6.45) is 33.1. The van der Waals surface area contributed by atoms with Crippen molar-refractivity contribution in [2.45, 2.75) is 83.6 Å². The molecule has 0 aliphatic carbocycles. The van der Waals surface area contributed by atoms with E-state index in [9.17, 15) is 19.5 Å². The van der Waals surface area contributed by atoms with Crippen LogP contribution >= 0.6 is 0 Å². The summed E-state index contributed by atoms with van der Waals surface area (Å²) in [4.78, 5) is 39.5. The molecule has 0 aliphatic rings. The highest BCUT2D eigenvalue weighted by Gasteiger charge is 2.20. The highest BCUT2D eigenvalue weighted by Crippen LogP contribution is 2.05. The van der Waals surface area contributed by atoms with Crippen LogP contribution in [0.25, 0.3) is 0 Å². The predicted molar refractivity (Wildman–Crippen MR) is 158 cm³/mol. The Morgan fingerprint density at radius 3 is 2.05 bits per heavy atom. The van der Waals surface area contributed by atoms with E-state index in [-0.39, 0.29) is 5.91 Å². The molecule has 7 nitrogen and oxygen atoms in total. The summed E-state index contributed by atoms with van der Waals surface area (Å²) in [5.41, 5.74) is 0.320. The molecule has 0 spiro atoms. The fourth-order valence-electron chi connectivity index (χ4n) is 3.53. The van der Waals surface area contributed by atoms with Crippen molar-refractivity contribution in [3.8, 4) is 0 Å². The van der Waals surface area contributed by atoms with Gasteiger partial charge >= 0.3 is 5.97 Å². The maximum Gasteiger partial charge on any atom is 0.326 e. The highest BCUT2D eigenvalue weighted by atomic mass is 16.4. The van der Waals surface area contributed by atoms with Crippen molar-refractivity contribution in [1.29, 1.82) is 0 Å². The van der Waals surface area contributed by atoms with Crippen LogP contribution in [0.5, 0.6) is 0 Å². The van der Waals surface area contributed by atoms with Crippen LogP contribution in [0.2, 0.25) is 0 Å². The first kappa shape index (κ1) is 33.3. The quantitative estimate of drug-likeness (QED) is 0.123. The first-order valence-electron chi connectivity index (χ1n) is 14.0. The average molecular weight is 536 g/mol. The molecule has 1 atom stereocenters. The summed E-state index contributed by atoms with van der Waals surface area (Å²) in [6, 6.07) is 2.23. The van der Waals surface area contributed by atoms with E-state index in [2.05, 4.69) is 83.3 Å². The summed E-state index contributed by atoms with van der Waals surface area (Å²) >= 11 is 0. The SMILES string of the molecule is CCC=CCC=CCC=CCC=CCC=CCCCC(=O)NCCCC[C@H](NC(=O)c1cccnc1)C(=O)O. The Morgan fingerprint density at radius 1 is 0.872 bits per heavy atom. The van der Waals surface area contributed by atoms with Crippen LogP contribution in [0.4, 0.5) is 0 Å². The Hall–Kier alpha value is -3.74. The minimum absolute atomic E-state index is 0.00187. The van der Waals surface area contributed by atoms with Gasteiger partial charge in [0.15, 0.2) is 0 Å². The van der Waals surface area contributed by atoms with Crippen molar-refractivity contribution in [2.75, 3.05) is 6.54 Å². The molecule has 0 bridgehead atoms. The van der Waals surface area contributed by atoms with Gasteiger partial charge in [-0.05, 0) is 76.3 Å². The van der Waals surface area contributed by atoms with Crippen LogP contribution in [0.15, 0.2) is 85.3 Å². The topological polar surface area (TPSA) is 108 Å². The number of nitrogens with one attached hydrogen (secondary N) is 2. The molecule has 7 heteroatoms. The minimum Gasteiger partial charge on any atom is -0.480 e. The highest BCUT2D eigenvalue weighted by molar-refractivity contribution is 5.96. The maximum atomic E-state index is 12.1. The van der Waals surface area contributed by atoms with E-state index in [0.29, 0.717) is 37.8 Å². The van der Waals surface area contributed by atoms with E-state index in [0.717, 1.165) is 44.9 Å². The molecular weight excluding hydrogens is 490 g/mol. The summed E-state index contributed by atoms with van der Waals surface area (Å²) in [5.74, 6) is -1.54. The molecule has 0 aromatic carbocycles. The normalized spacial score (nSPS) is 12.7. The van der Waals surface area contributed by atoms with Crippen LogP contribution in [0.1, 0.15) is 87.9 Å². The van der Waals surface area contributed by atoms with Crippen molar-refractivity contribution in [2.24, 2.45) is 0 Å². The number of hydrogen-bond donors (Lipinski definition) is 3. The Balaban J connectivity index is 2.04. The molecule has 3 N–H and O–H groups in total. The molecular formula is C32H45N3O4. The molecule has 1 aromatic rings. The predicted octanol–water partition coefficient (Wildman–Crippen LogP) is 6.47. The van der Waals surface area contributed by atoms with E-state index < -0.39 is 17.9 Å². The monoisotopic (exact) mass is 535 g/mol. The maximum absolute atomic E-state index is 12.1. The van der Waals surface area contributed by atoms with E-state index in [1.807, 2.05) is 0 Å². The van der Waals surface area contributed by atoms with E-state index in [1.54, 1.807) is 18.3 Å². The van der Waals surface area contributed by atoms with Gasteiger partial charge in [-0.2, -0.15) is 0 Å². The standard InChI is InChI=1S/C32H45N3O4/c1-2-3-4-5-6-7-8-9-10-11-12-13-14-15-16-17-18-24-30(36)34-26-20-19-23-29(32(38)39)35-31(37)28-22-21-25-33-27-28/h3-4,6-7,9-10,12-13,15-16,21-22,25,27,29H,2,5,8,11,14,17-20,23-24,26H2,1H3,(H,34,36)(H,35,37)(H,38,39)/t29-/m0/s1. The average Bonchev–Trinajstić information content (AvgIpc) is 2.94. The van der Waals surface area contributed by atoms with Gasteiger partial charge in [-0.25, -0.2) is 4.79 Å². The molecule has 2 amide bonds. The van der Waals surface area contributed by atoms with Gasteiger partial charge in [0.25, 0.3) is 5.91 Å². The smallest absolute Gasteiger partial charge is 0.326 e. The molecule has 39 heavy (non-hydrogen) atoms. The number of carbonyl (C=O) groups excluding carboxylic acids is 2. The van der Waals surface area contributed by atoms with Gasteiger partial charge in [-0.15, -0.1) is 0 Å². The van der Waals surface area contributed by atoms with Gasteiger partial charge in [0.05, 0.1) is 5.56 Å². The molecule has 0 radical (unpaired) electrons. The summed E-state index contributed by atoms with van der Waals surface area (Å²) in [7, 11) is 0. The number of amides is 2. The Morgan fingerprint density at radius 2 is 1.49 bits per heavy atom. The first-order chi connectivity index (χ1) is 19.0. The largest absolute Gasteiger partial charge is 0.480 e. The van der Waals surface area contributed by atoms with Crippen molar-refractivity contribution in [3.05, 3.63) is 90.9 Å². The van der Waals surface area contributed by atoms with E-state index >= 15 is 0 Å². The summed E-state index contributed by atoms with van der Waals surface area (Å²) in [6.45, 7) is 2.63. The van der Waals surface area contributed by atoms with Crippen LogP contribution in [-0.2, 0) is 9.59 Å². The number of unbranched alkanes of at least 4 members (excludes halogenated alkanes) is 2. The van der Waals surface area contributed by atoms with Gasteiger partial charge in [0.1, 0.15) is 6.04 Å². The zero-order chi connectivity index (χ0) is 28.4. The van der Waals surface area contributed by atoms with Gasteiger partial charge in [-0.1, -0.05) is 67.7 Å². The number of hydrogen-bond acceptors (Lipinski definition) is 4. The number of rotatable bonds is 21. The van der Waals surface area contributed by atoms with Gasteiger partial charge in [0, 0.05) is 25.4 Å². The minimum atomic E-state index is -1.08. The summed E-state index contributed by atoms with van der Waals surface area (Å²) in [5, 5.41) is 14.8. The molecule has 1 aromatic heterocycles. The lowest BCUT2D eigenvalue weighted by molar-refractivity contribution is -0.139. The third-order valence-corrected chi connectivity index (χ3v) is 5.70. The molecule has 0 saturated carbocycles. The van der Waals surface area contributed by atoms with Crippen molar-refractivity contribution >= 4 is 17.8 Å². The summed E-state index contributed by atoms with van der Waals surface area (Å²) < 4.78 is 0. The molecule has 0 unspecified atom stereocenters. The number of nitrogens with zero attached hydrogens (tertiary/aromatic N) is 1. The fraction of sp³-hybridized carbons (Fsp3) is 0.438. The number of carboxylic acid groups (broad SMARTS) is 1. The number of carbonyl (C=O) groups is 3. The lowest BCUT2D eigenvalue weighted by Gasteiger charge is -2.14. The zero-order valence-electron chi connectivity index (χ0n) is 23.3. The molecule has 0 saturated heterocycles. The number of aromatic nitrogens is 1. The number of aliphatic carboxylic acids is 1. The Labute approximate surface area is 233 Å². The zero-order valence-corrected chi connectivity index (χ0v) is 23.3. The Bertz CT molecular complexity index is 965. The van der Waals surface area contributed by atoms with Gasteiger partial charge < -0.3 is 15.7 Å². The molecule has 1 heterocycles. The van der Waals surface area contributed by atoms with Gasteiger partial charge in [-0.3, -0.25) is 14.6 Å². The van der Waals surface area contributed by atoms with Crippen LogP contribution in [0.3, 0.4) is 0 Å². The van der Waals surface area contributed by atoms with Crippen molar-refractivity contribution in [3.63, 3.8) is 0 Å². The van der Waals surface area contributed by atoms with Crippen molar-refractivity contribution in [1.82, 2.24) is 15.6 Å². The number of allylic oxidation sites excluding steroid dienone is 10. The van der Waals surface area contributed by atoms with Crippen LogP contribution in [-0.4, -0.2) is 40.5 Å². The number of carboxylic acids is 1. The molecule has 212 valence electrons. The molecule has 1 rings (SSSR count). The Kier molecular flexibility index (Phi) is 20.0. The van der Waals surface area contributed by atoms with E-state index in [1.165, 1.54) is 6.20 Å². The second-order valence-corrected chi connectivity index (χ2v) is 9.05. The van der Waals surface area contributed by atoms with Gasteiger partial charge in [0.2, 0.25) is 5.91 Å². The first-order valence-corrected chi connectivity index (χ1v) is 14.0.